The van der Waals surface area contributed by atoms with E-state index in [0.29, 0.717) is 16.1 Å². The van der Waals surface area contributed by atoms with Crippen molar-refractivity contribution in [3.8, 4) is 0 Å². The van der Waals surface area contributed by atoms with Crippen molar-refractivity contribution in [2.45, 2.75) is 6.92 Å². The lowest BCUT2D eigenvalue weighted by Crippen LogP contribution is -2.01. The molecular formula is C16H11BrClNO. The number of carbonyl (C=O) groups is 1. The molecule has 0 aliphatic heterocycles. The summed E-state index contributed by atoms with van der Waals surface area (Å²) < 4.78 is 0.834. The number of hydrogen-bond acceptors (Lipinski definition) is 1. The van der Waals surface area contributed by atoms with Gasteiger partial charge >= 0.3 is 0 Å². The Morgan fingerprint density at radius 2 is 1.95 bits per heavy atom. The molecule has 0 unspecified atom stereocenters. The monoisotopic (exact) mass is 347 g/mol. The third-order valence-corrected chi connectivity index (χ3v) is 4.08. The van der Waals surface area contributed by atoms with Crippen molar-refractivity contribution in [1.29, 1.82) is 0 Å². The first-order chi connectivity index (χ1) is 9.56. The van der Waals surface area contributed by atoms with E-state index in [9.17, 15) is 4.79 Å². The number of benzene rings is 2. The number of fused-ring (bicyclic) bond motifs is 1. The van der Waals surface area contributed by atoms with Gasteiger partial charge in [0.1, 0.15) is 0 Å². The standard InChI is InChI=1S/C16H11BrClNO/c1-9-2-4-11-13(8-19-15(11)6-9)16(20)12-7-10(17)3-5-14(12)18/h2-8,19H,1H3. The van der Waals surface area contributed by atoms with Gasteiger partial charge in [0, 0.05) is 32.7 Å². The second-order valence-corrected chi connectivity index (χ2v) is 6.03. The van der Waals surface area contributed by atoms with E-state index in [0.717, 1.165) is 20.9 Å². The molecule has 0 aliphatic carbocycles. The molecule has 3 aromatic rings. The van der Waals surface area contributed by atoms with Crippen LogP contribution in [0, 0.1) is 6.92 Å². The molecule has 0 amide bonds. The zero-order chi connectivity index (χ0) is 14.3. The molecule has 0 atom stereocenters. The largest absolute Gasteiger partial charge is 0.360 e. The quantitative estimate of drug-likeness (QED) is 0.640. The van der Waals surface area contributed by atoms with Gasteiger partial charge in [-0.2, -0.15) is 0 Å². The molecular weight excluding hydrogens is 338 g/mol. The summed E-state index contributed by atoms with van der Waals surface area (Å²) >= 11 is 9.50. The van der Waals surface area contributed by atoms with Crippen LogP contribution in [0.1, 0.15) is 21.5 Å². The zero-order valence-corrected chi connectivity index (χ0v) is 13.0. The molecule has 0 saturated carbocycles. The van der Waals surface area contributed by atoms with Gasteiger partial charge in [-0.15, -0.1) is 0 Å². The third kappa shape index (κ3) is 2.28. The topological polar surface area (TPSA) is 32.9 Å². The highest BCUT2D eigenvalue weighted by Crippen LogP contribution is 2.27. The molecule has 1 heterocycles. The molecule has 0 spiro atoms. The summed E-state index contributed by atoms with van der Waals surface area (Å²) in [5, 5.41) is 1.37. The van der Waals surface area contributed by atoms with Gasteiger partial charge < -0.3 is 4.98 Å². The van der Waals surface area contributed by atoms with Crippen molar-refractivity contribution in [1.82, 2.24) is 4.98 Å². The average Bonchev–Trinajstić information content (AvgIpc) is 2.83. The van der Waals surface area contributed by atoms with Crippen LogP contribution in [0.15, 0.2) is 47.1 Å². The Hall–Kier alpha value is -1.58. The number of ketones is 1. The summed E-state index contributed by atoms with van der Waals surface area (Å²) in [7, 11) is 0. The number of nitrogens with one attached hydrogen (secondary N) is 1. The summed E-state index contributed by atoms with van der Waals surface area (Å²) in [5.74, 6) is -0.0774. The molecule has 0 bridgehead atoms. The van der Waals surface area contributed by atoms with Gasteiger partial charge in [-0.3, -0.25) is 4.79 Å². The molecule has 2 nitrogen and oxygen atoms in total. The first-order valence-electron chi connectivity index (χ1n) is 6.14. The molecule has 3 rings (SSSR count). The maximum atomic E-state index is 12.7. The highest BCUT2D eigenvalue weighted by atomic mass is 79.9. The van der Waals surface area contributed by atoms with Crippen LogP contribution in [-0.2, 0) is 0 Å². The van der Waals surface area contributed by atoms with Crippen LogP contribution in [0.5, 0.6) is 0 Å². The highest BCUT2D eigenvalue weighted by Gasteiger charge is 2.17. The van der Waals surface area contributed by atoms with Crippen molar-refractivity contribution in [3.63, 3.8) is 0 Å². The van der Waals surface area contributed by atoms with Crippen LogP contribution in [0.4, 0.5) is 0 Å². The Morgan fingerprint density at radius 3 is 2.75 bits per heavy atom. The van der Waals surface area contributed by atoms with Crippen molar-refractivity contribution in [3.05, 3.63) is 68.8 Å². The molecule has 1 N–H and O–H groups in total. The van der Waals surface area contributed by atoms with Crippen molar-refractivity contribution in [2.75, 3.05) is 0 Å². The summed E-state index contributed by atoms with van der Waals surface area (Å²) in [6.07, 6.45) is 1.74. The van der Waals surface area contributed by atoms with E-state index in [1.165, 1.54) is 0 Å². The van der Waals surface area contributed by atoms with E-state index in [-0.39, 0.29) is 5.78 Å². The number of rotatable bonds is 2. The lowest BCUT2D eigenvalue weighted by molar-refractivity contribution is 0.104. The minimum atomic E-state index is -0.0774. The smallest absolute Gasteiger partial charge is 0.196 e. The van der Waals surface area contributed by atoms with Gasteiger partial charge in [-0.1, -0.05) is 39.7 Å². The van der Waals surface area contributed by atoms with Crippen LogP contribution in [0.2, 0.25) is 5.02 Å². The Kier molecular flexibility index (Phi) is 3.40. The Balaban J connectivity index is 2.15. The number of aryl methyl sites for hydroxylation is 1. The molecule has 1 aromatic heterocycles. The van der Waals surface area contributed by atoms with Gasteiger partial charge in [0.2, 0.25) is 0 Å². The minimum Gasteiger partial charge on any atom is -0.360 e. The zero-order valence-electron chi connectivity index (χ0n) is 10.7. The summed E-state index contributed by atoms with van der Waals surface area (Å²) in [4.78, 5) is 15.8. The second kappa shape index (κ2) is 5.08. The molecule has 4 heteroatoms. The molecule has 100 valence electrons. The van der Waals surface area contributed by atoms with Gasteiger partial charge in [0.15, 0.2) is 5.78 Å². The molecule has 20 heavy (non-hydrogen) atoms. The number of hydrogen-bond donors (Lipinski definition) is 1. The highest BCUT2D eigenvalue weighted by molar-refractivity contribution is 9.10. The van der Waals surface area contributed by atoms with Crippen molar-refractivity contribution >= 4 is 44.2 Å². The molecule has 0 fully saturated rings. The van der Waals surface area contributed by atoms with E-state index < -0.39 is 0 Å². The Bertz CT molecular complexity index is 822. The number of H-pyrrole nitrogens is 1. The molecule has 0 aliphatic rings. The fourth-order valence-corrected chi connectivity index (χ4v) is 2.81. The van der Waals surface area contributed by atoms with Gasteiger partial charge in [0.05, 0.1) is 5.02 Å². The SMILES string of the molecule is Cc1ccc2c(C(=O)c3cc(Br)ccc3Cl)c[nH]c2c1. The number of carbonyl (C=O) groups excluding carboxylic acids is 1. The molecule has 0 radical (unpaired) electrons. The maximum absolute atomic E-state index is 12.7. The predicted molar refractivity (Wildman–Crippen MR) is 85.6 cm³/mol. The van der Waals surface area contributed by atoms with Gasteiger partial charge in [0.25, 0.3) is 0 Å². The van der Waals surface area contributed by atoms with Gasteiger partial charge in [-0.05, 0) is 36.8 Å². The second-order valence-electron chi connectivity index (χ2n) is 4.70. The lowest BCUT2D eigenvalue weighted by atomic mass is 10.0. The summed E-state index contributed by atoms with van der Waals surface area (Å²) in [5.41, 5.74) is 3.25. The van der Waals surface area contributed by atoms with Gasteiger partial charge in [-0.25, -0.2) is 0 Å². The first kappa shape index (κ1) is 13.4. The van der Waals surface area contributed by atoms with Crippen LogP contribution in [0.25, 0.3) is 10.9 Å². The Labute approximate surface area is 129 Å². The fraction of sp³-hybridized carbons (Fsp3) is 0.0625. The number of aromatic nitrogens is 1. The number of halogens is 2. The summed E-state index contributed by atoms with van der Waals surface area (Å²) in [6, 6.07) is 11.3. The van der Waals surface area contributed by atoms with Crippen LogP contribution >= 0.6 is 27.5 Å². The Morgan fingerprint density at radius 1 is 1.15 bits per heavy atom. The fourth-order valence-electron chi connectivity index (χ4n) is 2.24. The van der Waals surface area contributed by atoms with Crippen LogP contribution < -0.4 is 0 Å². The molecule has 2 aromatic carbocycles. The predicted octanol–water partition coefficient (Wildman–Crippen LogP) is 5.12. The van der Waals surface area contributed by atoms with Crippen molar-refractivity contribution < 1.29 is 4.79 Å². The van der Waals surface area contributed by atoms with E-state index in [2.05, 4.69) is 20.9 Å². The lowest BCUT2D eigenvalue weighted by Gasteiger charge is -2.03. The van der Waals surface area contributed by atoms with E-state index in [1.54, 1.807) is 18.3 Å². The summed E-state index contributed by atoms with van der Waals surface area (Å²) in [6.45, 7) is 2.02. The van der Waals surface area contributed by atoms with Crippen molar-refractivity contribution in [2.24, 2.45) is 0 Å². The molecule has 0 saturated heterocycles. The third-order valence-electron chi connectivity index (χ3n) is 3.25. The van der Waals surface area contributed by atoms with E-state index in [1.807, 2.05) is 31.2 Å². The minimum absolute atomic E-state index is 0.0774. The number of aromatic amines is 1. The van der Waals surface area contributed by atoms with Crippen LogP contribution in [0.3, 0.4) is 0 Å². The average molecular weight is 349 g/mol. The van der Waals surface area contributed by atoms with E-state index in [4.69, 9.17) is 11.6 Å². The maximum Gasteiger partial charge on any atom is 0.196 e. The van der Waals surface area contributed by atoms with Crippen LogP contribution in [-0.4, -0.2) is 10.8 Å². The first-order valence-corrected chi connectivity index (χ1v) is 7.31. The van der Waals surface area contributed by atoms with E-state index >= 15 is 0 Å². The normalized spacial score (nSPS) is 10.9.